The van der Waals surface area contributed by atoms with E-state index in [9.17, 15) is 14.7 Å². The molecule has 1 aliphatic heterocycles. The van der Waals surface area contributed by atoms with Crippen LogP contribution in [0.5, 0.6) is 0 Å². The van der Waals surface area contributed by atoms with Crippen molar-refractivity contribution in [3.05, 3.63) is 71.6 Å². The minimum absolute atomic E-state index is 0.0913. The monoisotopic (exact) mass is 352 g/mol. The molecule has 3 rings (SSSR count). The Hall–Kier alpha value is -2.99. The second-order valence-electron chi connectivity index (χ2n) is 6.57. The van der Waals surface area contributed by atoms with Crippen LogP contribution in [-0.4, -0.2) is 53.9 Å². The lowest BCUT2D eigenvalue weighted by molar-refractivity contribution is -0.857. The summed E-state index contributed by atoms with van der Waals surface area (Å²) in [6.45, 7) is 1.08. The largest absolute Gasteiger partial charge is 0.507 e. The molecule has 0 aliphatic carbocycles. The molecule has 1 saturated heterocycles. The number of nitrogens with zero attached hydrogens (tertiary/aromatic N) is 2. The van der Waals surface area contributed by atoms with Gasteiger partial charge in [-0.1, -0.05) is 36.4 Å². The molecule has 0 unspecified atom stereocenters. The number of hydrogen-bond donors (Lipinski definition) is 2. The summed E-state index contributed by atoms with van der Waals surface area (Å²) >= 11 is 0. The molecule has 1 atom stereocenters. The van der Waals surface area contributed by atoms with Gasteiger partial charge in [0.2, 0.25) is 0 Å². The Balaban J connectivity index is 2.12. The fraction of sp³-hybridized carbons (Fsp3) is 0.250. The molecular weight excluding hydrogens is 330 g/mol. The third-order valence-corrected chi connectivity index (χ3v) is 4.41. The Morgan fingerprint density at radius 3 is 2.42 bits per heavy atom. The van der Waals surface area contributed by atoms with Crippen LogP contribution < -0.4 is 4.90 Å². The molecule has 134 valence electrons. The summed E-state index contributed by atoms with van der Waals surface area (Å²) in [5.41, 5.74) is 1.16. The number of rotatable bonds is 5. The van der Waals surface area contributed by atoms with Gasteiger partial charge in [0, 0.05) is 11.8 Å². The second-order valence-corrected chi connectivity index (χ2v) is 6.57. The first-order valence-corrected chi connectivity index (χ1v) is 8.54. The zero-order valence-corrected chi connectivity index (χ0v) is 14.8. The first-order chi connectivity index (χ1) is 12.5. The van der Waals surface area contributed by atoms with Crippen LogP contribution >= 0.6 is 0 Å². The van der Waals surface area contributed by atoms with Gasteiger partial charge < -0.3 is 14.9 Å². The number of carbonyl (C=O) groups excluding carboxylic acids is 2. The Labute approximate surface area is 152 Å². The minimum Gasteiger partial charge on any atom is -0.507 e. The van der Waals surface area contributed by atoms with E-state index in [0.717, 1.165) is 4.90 Å². The number of nitrogens with one attached hydrogen (secondary N) is 1. The van der Waals surface area contributed by atoms with Crippen molar-refractivity contribution in [2.75, 3.05) is 27.2 Å². The van der Waals surface area contributed by atoms with E-state index in [2.05, 4.69) is 4.98 Å². The van der Waals surface area contributed by atoms with Gasteiger partial charge in [0.15, 0.2) is 0 Å². The Morgan fingerprint density at radius 1 is 1.12 bits per heavy atom. The van der Waals surface area contributed by atoms with Gasteiger partial charge in [0.1, 0.15) is 11.8 Å². The molecule has 2 N–H and O–H groups in total. The second kappa shape index (κ2) is 7.49. The number of Topliss-reactive ketones (excluding diaryl/α,β-unsaturated/α-hetero) is 1. The van der Waals surface area contributed by atoms with Crippen LogP contribution in [0.3, 0.4) is 0 Å². The lowest BCUT2D eigenvalue weighted by Crippen LogP contribution is -3.06. The summed E-state index contributed by atoms with van der Waals surface area (Å²) in [4.78, 5) is 32.4. The van der Waals surface area contributed by atoms with E-state index < -0.39 is 17.7 Å². The number of benzene rings is 1. The number of amides is 1. The predicted molar refractivity (Wildman–Crippen MR) is 97.4 cm³/mol. The number of quaternary nitrogens is 1. The number of aromatic nitrogens is 1. The van der Waals surface area contributed by atoms with E-state index in [1.165, 1.54) is 4.90 Å². The molecule has 0 bridgehead atoms. The first kappa shape index (κ1) is 17.8. The van der Waals surface area contributed by atoms with Crippen LogP contribution in [0.2, 0.25) is 0 Å². The van der Waals surface area contributed by atoms with Gasteiger partial charge in [-0.25, -0.2) is 0 Å². The zero-order valence-electron chi connectivity index (χ0n) is 14.8. The molecule has 1 aliphatic rings. The van der Waals surface area contributed by atoms with E-state index in [1.54, 1.807) is 42.6 Å². The van der Waals surface area contributed by atoms with Crippen molar-refractivity contribution in [3.8, 4) is 0 Å². The zero-order chi connectivity index (χ0) is 18.7. The molecule has 1 amide bonds. The van der Waals surface area contributed by atoms with Crippen LogP contribution in [0.25, 0.3) is 5.76 Å². The molecule has 6 nitrogen and oxygen atoms in total. The summed E-state index contributed by atoms with van der Waals surface area (Å²) in [6, 6.07) is 13.5. The topological polar surface area (TPSA) is 74.9 Å². The quantitative estimate of drug-likeness (QED) is 0.471. The highest BCUT2D eigenvalue weighted by Crippen LogP contribution is 2.38. The molecule has 0 radical (unpaired) electrons. The maximum atomic E-state index is 12.7. The van der Waals surface area contributed by atoms with Crippen molar-refractivity contribution in [1.29, 1.82) is 0 Å². The van der Waals surface area contributed by atoms with Gasteiger partial charge in [0.25, 0.3) is 11.7 Å². The SMILES string of the molecule is C[NH+](C)CCN1C(=O)C(=O)C(=C(O)c2ccccc2)[C@H]1c1ccccn1. The van der Waals surface area contributed by atoms with Crippen molar-refractivity contribution >= 4 is 17.4 Å². The number of likely N-dealkylation sites (N-methyl/N-ethyl adjacent to an activating group) is 1. The van der Waals surface area contributed by atoms with Crippen molar-refractivity contribution in [2.24, 2.45) is 0 Å². The highest BCUT2D eigenvalue weighted by atomic mass is 16.3. The smallest absolute Gasteiger partial charge is 0.295 e. The number of aliphatic hydroxyl groups is 1. The van der Waals surface area contributed by atoms with Gasteiger partial charge in [-0.2, -0.15) is 0 Å². The van der Waals surface area contributed by atoms with Crippen LogP contribution in [0.15, 0.2) is 60.3 Å². The van der Waals surface area contributed by atoms with Crippen LogP contribution in [0, 0.1) is 0 Å². The summed E-state index contributed by atoms with van der Waals surface area (Å²) < 4.78 is 0. The summed E-state index contributed by atoms with van der Waals surface area (Å²) in [5.74, 6) is -1.44. The summed E-state index contributed by atoms with van der Waals surface area (Å²) in [6.07, 6.45) is 1.62. The maximum absolute atomic E-state index is 12.7. The maximum Gasteiger partial charge on any atom is 0.295 e. The highest BCUT2D eigenvalue weighted by Gasteiger charge is 2.46. The molecule has 2 heterocycles. The lowest BCUT2D eigenvalue weighted by atomic mass is 9.98. The fourth-order valence-electron chi connectivity index (χ4n) is 3.05. The third kappa shape index (κ3) is 3.36. The van der Waals surface area contributed by atoms with Gasteiger partial charge in [-0.15, -0.1) is 0 Å². The Morgan fingerprint density at radius 2 is 1.81 bits per heavy atom. The average molecular weight is 352 g/mol. The van der Waals surface area contributed by atoms with Gasteiger partial charge in [-0.3, -0.25) is 14.6 Å². The molecule has 2 aromatic rings. The van der Waals surface area contributed by atoms with Crippen molar-refractivity contribution < 1.29 is 19.6 Å². The Bertz CT molecular complexity index is 832. The Kier molecular flexibility index (Phi) is 5.14. The molecule has 1 aromatic carbocycles. The molecule has 1 aromatic heterocycles. The van der Waals surface area contributed by atoms with E-state index >= 15 is 0 Å². The number of ketones is 1. The van der Waals surface area contributed by atoms with Gasteiger partial charge in [0.05, 0.1) is 38.5 Å². The van der Waals surface area contributed by atoms with Crippen molar-refractivity contribution in [1.82, 2.24) is 9.88 Å². The fourth-order valence-corrected chi connectivity index (χ4v) is 3.05. The van der Waals surface area contributed by atoms with Crippen LogP contribution in [-0.2, 0) is 9.59 Å². The average Bonchev–Trinajstić information content (AvgIpc) is 2.91. The van der Waals surface area contributed by atoms with E-state index in [1.807, 2.05) is 26.2 Å². The molecule has 26 heavy (non-hydrogen) atoms. The van der Waals surface area contributed by atoms with Crippen molar-refractivity contribution in [3.63, 3.8) is 0 Å². The summed E-state index contributed by atoms with van der Waals surface area (Å²) in [5, 5.41) is 10.8. The van der Waals surface area contributed by atoms with E-state index in [-0.39, 0.29) is 11.3 Å². The predicted octanol–water partition coefficient (Wildman–Crippen LogP) is 0.648. The van der Waals surface area contributed by atoms with Gasteiger partial charge in [-0.05, 0) is 12.1 Å². The third-order valence-electron chi connectivity index (χ3n) is 4.41. The number of carbonyl (C=O) groups is 2. The van der Waals surface area contributed by atoms with E-state index in [0.29, 0.717) is 24.3 Å². The normalized spacial score (nSPS) is 19.3. The van der Waals surface area contributed by atoms with Crippen LogP contribution in [0.1, 0.15) is 17.3 Å². The standard InChI is InChI=1S/C20H21N3O3/c1-22(2)12-13-23-17(15-10-6-7-11-21-15)16(19(25)20(23)26)18(24)14-8-4-3-5-9-14/h3-11,17,24H,12-13H2,1-2H3/p+1/t17-/m1/s1. The number of likely N-dealkylation sites (tertiary alicyclic amines) is 1. The first-order valence-electron chi connectivity index (χ1n) is 8.54. The number of aliphatic hydroxyl groups excluding tert-OH is 1. The molecule has 1 fully saturated rings. The van der Waals surface area contributed by atoms with Crippen LogP contribution in [0.4, 0.5) is 0 Å². The highest BCUT2D eigenvalue weighted by molar-refractivity contribution is 6.46. The number of pyridine rings is 1. The minimum atomic E-state index is -0.684. The summed E-state index contributed by atoms with van der Waals surface area (Å²) in [7, 11) is 3.96. The van der Waals surface area contributed by atoms with Crippen molar-refractivity contribution in [2.45, 2.75) is 6.04 Å². The lowest BCUT2D eigenvalue weighted by Gasteiger charge is -2.24. The molecule has 0 saturated carbocycles. The molecule has 0 spiro atoms. The number of hydrogen-bond acceptors (Lipinski definition) is 4. The van der Waals surface area contributed by atoms with Gasteiger partial charge >= 0.3 is 0 Å². The molecular formula is C20H22N3O3+. The molecule has 6 heteroatoms. The van der Waals surface area contributed by atoms with E-state index in [4.69, 9.17) is 0 Å².